The molecule has 1 amide bonds. The van der Waals surface area contributed by atoms with Gasteiger partial charge in [0.15, 0.2) is 0 Å². The molecule has 0 radical (unpaired) electrons. The van der Waals surface area contributed by atoms with Crippen molar-refractivity contribution in [2.24, 2.45) is 0 Å². The molecular formula is C24H26ClN5O. The van der Waals surface area contributed by atoms with Gasteiger partial charge in [0.05, 0.1) is 5.02 Å². The molecule has 4 rings (SSSR count). The fourth-order valence-corrected chi connectivity index (χ4v) is 3.31. The van der Waals surface area contributed by atoms with Crippen molar-refractivity contribution < 1.29 is 4.79 Å². The summed E-state index contributed by atoms with van der Waals surface area (Å²) in [5.41, 5.74) is 3.31. The van der Waals surface area contributed by atoms with Crippen molar-refractivity contribution in [3.05, 3.63) is 88.6 Å². The number of hydrogen-bond donors (Lipinski definition) is 3. The van der Waals surface area contributed by atoms with Crippen molar-refractivity contribution in [2.45, 2.75) is 20.4 Å². The molecule has 160 valence electrons. The van der Waals surface area contributed by atoms with Crippen LogP contribution >= 0.6 is 11.6 Å². The van der Waals surface area contributed by atoms with E-state index in [0.29, 0.717) is 28.8 Å². The van der Waals surface area contributed by atoms with E-state index in [1.807, 2.05) is 42.5 Å². The van der Waals surface area contributed by atoms with Gasteiger partial charge in [0.25, 0.3) is 5.91 Å². The van der Waals surface area contributed by atoms with Crippen LogP contribution in [-0.2, 0) is 6.54 Å². The molecule has 31 heavy (non-hydrogen) atoms. The number of amides is 1. The van der Waals surface area contributed by atoms with E-state index in [2.05, 4.69) is 20.5 Å². The van der Waals surface area contributed by atoms with Gasteiger partial charge in [-0.3, -0.25) is 10.2 Å². The smallest absolute Gasteiger partial charge is 0.257 e. The first-order chi connectivity index (χ1) is 14.6. The van der Waals surface area contributed by atoms with Gasteiger partial charge >= 0.3 is 0 Å². The molecule has 0 atom stereocenters. The zero-order valence-corrected chi connectivity index (χ0v) is 17.1. The predicted molar refractivity (Wildman–Crippen MR) is 127 cm³/mol. The second kappa shape index (κ2) is 10.1. The van der Waals surface area contributed by atoms with Gasteiger partial charge in [-0.2, -0.15) is 0 Å². The second-order valence-electron chi connectivity index (χ2n) is 7.09. The third-order valence-corrected chi connectivity index (χ3v) is 5.27. The van der Waals surface area contributed by atoms with Crippen molar-refractivity contribution in [2.75, 3.05) is 23.7 Å². The monoisotopic (exact) mass is 435 g/mol. The highest BCUT2D eigenvalue weighted by Crippen LogP contribution is 2.18. The Balaban J connectivity index is 0.00000272. The summed E-state index contributed by atoms with van der Waals surface area (Å²) in [5.74, 6) is 0.804. The summed E-state index contributed by atoms with van der Waals surface area (Å²) in [6, 6.07) is 18.6. The maximum absolute atomic E-state index is 12.7. The van der Waals surface area contributed by atoms with E-state index in [-0.39, 0.29) is 13.3 Å². The summed E-state index contributed by atoms with van der Waals surface area (Å²) in [6.07, 6.45) is 2.65. The molecule has 0 saturated carbocycles. The van der Waals surface area contributed by atoms with Crippen LogP contribution in [0.15, 0.2) is 66.9 Å². The number of carbonyl (C=O) groups is 1. The van der Waals surface area contributed by atoms with Gasteiger partial charge in [-0.1, -0.05) is 37.2 Å². The molecule has 3 N–H and O–H groups in total. The fourth-order valence-electron chi connectivity index (χ4n) is 3.20. The van der Waals surface area contributed by atoms with E-state index in [0.717, 1.165) is 36.3 Å². The highest BCUT2D eigenvalue weighted by atomic mass is 35.5. The molecule has 1 fully saturated rings. The Morgan fingerprint density at radius 2 is 1.81 bits per heavy atom. The third-order valence-electron chi connectivity index (χ3n) is 5.04. The molecule has 1 aromatic heterocycles. The molecule has 1 aliphatic heterocycles. The molecule has 6 nitrogen and oxygen atoms in total. The second-order valence-corrected chi connectivity index (χ2v) is 7.53. The summed E-state index contributed by atoms with van der Waals surface area (Å²) in [6.45, 7) is 2.42. The zero-order valence-electron chi connectivity index (χ0n) is 16.4. The lowest BCUT2D eigenvalue weighted by Gasteiger charge is -2.33. The van der Waals surface area contributed by atoms with Crippen LogP contribution in [0, 0.1) is 5.41 Å². The van der Waals surface area contributed by atoms with Gasteiger partial charge in [-0.05, 0) is 54.4 Å². The quantitative estimate of drug-likeness (QED) is 0.364. The lowest BCUT2D eigenvalue weighted by molar-refractivity contribution is 0.102. The van der Waals surface area contributed by atoms with Gasteiger partial charge in [0, 0.05) is 42.6 Å². The number of benzene rings is 2. The predicted octanol–water partition coefficient (Wildman–Crippen LogP) is 5.27. The lowest BCUT2D eigenvalue weighted by Crippen LogP contribution is -2.42. The average molecular weight is 436 g/mol. The van der Waals surface area contributed by atoms with Crippen molar-refractivity contribution in [3.63, 3.8) is 0 Å². The number of likely N-dealkylation sites (tertiary alicyclic amines) is 1. The number of carbonyl (C=O) groups excluding carboxylic acids is 1. The number of aromatic nitrogens is 1. The molecule has 7 heteroatoms. The van der Waals surface area contributed by atoms with Gasteiger partial charge in [-0.15, -0.1) is 0 Å². The van der Waals surface area contributed by atoms with E-state index < -0.39 is 0 Å². The number of rotatable bonds is 6. The first kappa shape index (κ1) is 22.3. The Hall–Kier alpha value is -3.38. The topological polar surface area (TPSA) is 81.1 Å². The Morgan fingerprint density at radius 3 is 2.45 bits per heavy atom. The van der Waals surface area contributed by atoms with Crippen LogP contribution in [-0.4, -0.2) is 34.7 Å². The molecule has 0 bridgehead atoms. The maximum Gasteiger partial charge on any atom is 0.257 e. The first-order valence-electron chi connectivity index (χ1n) is 9.79. The standard InChI is InChI=1S/C23H22ClN5O.CH4/c24-18-8-11-21(27-15-18)28-23(30)20-5-2-1-4-17(20)14-26-19-9-6-16(7-10-19)22(25)29-12-3-13-29;/h1-2,4-11,15,25-26H,3,12-14H2,(H,27,28,30);1H4. The lowest BCUT2D eigenvalue weighted by atomic mass is 10.1. The highest BCUT2D eigenvalue weighted by Gasteiger charge is 2.18. The first-order valence-corrected chi connectivity index (χ1v) is 10.2. The van der Waals surface area contributed by atoms with E-state index in [1.54, 1.807) is 18.2 Å². The van der Waals surface area contributed by atoms with Crippen LogP contribution in [0.5, 0.6) is 0 Å². The Labute approximate surface area is 187 Å². The molecule has 0 spiro atoms. The maximum atomic E-state index is 12.7. The minimum absolute atomic E-state index is 0. The molecule has 1 aliphatic rings. The normalized spacial score (nSPS) is 12.4. The Kier molecular flexibility index (Phi) is 7.26. The zero-order chi connectivity index (χ0) is 20.9. The molecule has 2 heterocycles. The SMILES string of the molecule is C.N=C(c1ccc(NCc2ccccc2C(=O)Nc2ccc(Cl)cn2)cc1)N1CCC1. The molecule has 0 unspecified atom stereocenters. The van der Waals surface area contributed by atoms with E-state index in [1.165, 1.54) is 6.20 Å². The van der Waals surface area contributed by atoms with Crippen LogP contribution in [0.25, 0.3) is 0 Å². The van der Waals surface area contributed by atoms with E-state index >= 15 is 0 Å². The summed E-state index contributed by atoms with van der Waals surface area (Å²) in [5, 5.41) is 14.9. The van der Waals surface area contributed by atoms with E-state index in [9.17, 15) is 4.79 Å². The van der Waals surface area contributed by atoms with Crippen LogP contribution < -0.4 is 10.6 Å². The van der Waals surface area contributed by atoms with Gasteiger partial charge in [0.1, 0.15) is 11.7 Å². The van der Waals surface area contributed by atoms with Gasteiger partial charge in [-0.25, -0.2) is 4.98 Å². The Morgan fingerprint density at radius 1 is 1.06 bits per heavy atom. The van der Waals surface area contributed by atoms with Crippen LogP contribution in [0.3, 0.4) is 0 Å². The van der Waals surface area contributed by atoms with Crippen molar-refractivity contribution in [3.8, 4) is 0 Å². The minimum Gasteiger partial charge on any atom is -0.381 e. The molecule has 1 saturated heterocycles. The van der Waals surface area contributed by atoms with Crippen LogP contribution in [0.1, 0.15) is 35.3 Å². The highest BCUT2D eigenvalue weighted by molar-refractivity contribution is 6.30. The molecule has 2 aromatic carbocycles. The van der Waals surface area contributed by atoms with Crippen molar-refractivity contribution in [1.82, 2.24) is 9.88 Å². The molecule has 3 aromatic rings. The number of anilines is 2. The molecular weight excluding hydrogens is 410 g/mol. The number of hydrogen-bond acceptors (Lipinski definition) is 4. The molecule has 0 aliphatic carbocycles. The Bertz CT molecular complexity index is 1050. The number of nitrogens with zero attached hydrogens (tertiary/aromatic N) is 2. The number of amidine groups is 1. The van der Waals surface area contributed by atoms with E-state index in [4.69, 9.17) is 17.0 Å². The number of halogens is 1. The fraction of sp³-hybridized carbons (Fsp3) is 0.208. The summed E-state index contributed by atoms with van der Waals surface area (Å²) >= 11 is 5.85. The van der Waals surface area contributed by atoms with Gasteiger partial charge < -0.3 is 15.5 Å². The minimum atomic E-state index is -0.222. The third kappa shape index (κ3) is 5.41. The van der Waals surface area contributed by atoms with Crippen molar-refractivity contribution >= 4 is 34.8 Å². The summed E-state index contributed by atoms with van der Waals surface area (Å²) in [7, 11) is 0. The summed E-state index contributed by atoms with van der Waals surface area (Å²) in [4.78, 5) is 18.9. The van der Waals surface area contributed by atoms with Crippen LogP contribution in [0.4, 0.5) is 11.5 Å². The largest absolute Gasteiger partial charge is 0.381 e. The number of pyridine rings is 1. The summed E-state index contributed by atoms with van der Waals surface area (Å²) < 4.78 is 0. The van der Waals surface area contributed by atoms with Gasteiger partial charge in [0.2, 0.25) is 0 Å². The number of nitrogens with one attached hydrogen (secondary N) is 3. The van der Waals surface area contributed by atoms with Crippen LogP contribution in [0.2, 0.25) is 5.02 Å². The van der Waals surface area contributed by atoms with Crippen molar-refractivity contribution in [1.29, 1.82) is 5.41 Å². The average Bonchev–Trinajstić information content (AvgIpc) is 2.73.